The Morgan fingerprint density at radius 1 is 1.05 bits per heavy atom. The van der Waals surface area contributed by atoms with Crippen molar-refractivity contribution >= 4 is 10.9 Å². The van der Waals surface area contributed by atoms with Crippen LogP contribution in [0.25, 0.3) is 22.0 Å². The van der Waals surface area contributed by atoms with E-state index in [1.54, 1.807) is 11.6 Å². The smallest absolute Gasteiger partial charge is 0.390 e. The molecule has 0 aliphatic rings. The van der Waals surface area contributed by atoms with Crippen LogP contribution in [-0.2, 0) is 19.8 Å². The number of aryl methyl sites for hydroxylation is 1. The van der Waals surface area contributed by atoms with E-state index in [1.165, 1.54) is 6.07 Å². The van der Waals surface area contributed by atoms with E-state index in [1.807, 2.05) is 30.3 Å². The first kappa shape index (κ1) is 14.7. The van der Waals surface area contributed by atoms with E-state index >= 15 is 0 Å². The number of rotatable bonds is 2. The lowest BCUT2D eigenvalue weighted by Gasteiger charge is -2.07. The Morgan fingerprint density at radius 3 is 2.32 bits per heavy atom. The highest BCUT2D eigenvalue weighted by Gasteiger charge is 2.31. The summed E-state index contributed by atoms with van der Waals surface area (Å²) >= 11 is 0. The highest BCUT2D eigenvalue weighted by molar-refractivity contribution is 5.98. The third-order valence-electron chi connectivity index (χ3n) is 3.86. The highest BCUT2D eigenvalue weighted by atomic mass is 19.4. The molecule has 2 nitrogen and oxygen atoms in total. The van der Waals surface area contributed by atoms with E-state index in [2.05, 4.69) is 0 Å². The molecule has 0 spiro atoms. The molecule has 0 radical (unpaired) electrons. The van der Waals surface area contributed by atoms with Gasteiger partial charge in [0.1, 0.15) is 0 Å². The topological polar surface area (TPSA) is 25.2 Å². The predicted molar refractivity (Wildman–Crippen MR) is 79.3 cm³/mol. The van der Waals surface area contributed by atoms with Crippen molar-refractivity contribution in [1.82, 2.24) is 4.57 Å². The Kier molecular flexibility index (Phi) is 3.45. The number of hydrogen-bond donors (Lipinski definition) is 1. The van der Waals surface area contributed by atoms with Crippen LogP contribution >= 0.6 is 0 Å². The molecule has 1 heterocycles. The molecule has 114 valence electrons. The Bertz CT molecular complexity index is 819. The molecule has 1 aromatic heterocycles. The highest BCUT2D eigenvalue weighted by Crippen LogP contribution is 2.38. The fraction of sp³-hybridized carbons (Fsp3) is 0.176. The van der Waals surface area contributed by atoms with E-state index in [0.29, 0.717) is 22.2 Å². The lowest BCUT2D eigenvalue weighted by atomic mass is 10.0. The molecule has 1 N–H and O–H groups in total. The number of alkyl halides is 3. The molecule has 3 aromatic rings. The zero-order chi connectivity index (χ0) is 15.9. The van der Waals surface area contributed by atoms with Gasteiger partial charge in [0.2, 0.25) is 0 Å². The summed E-state index contributed by atoms with van der Waals surface area (Å²) in [6.07, 6.45) is -4.39. The SMILES string of the molecule is Cn1c(CO)c(-c2ccccc2)c2cc(C(F)(F)F)ccc21. The molecule has 0 unspecified atom stereocenters. The second-order valence-electron chi connectivity index (χ2n) is 5.13. The van der Waals surface area contributed by atoms with Gasteiger partial charge in [-0.15, -0.1) is 0 Å². The van der Waals surface area contributed by atoms with Crippen molar-refractivity contribution in [3.05, 3.63) is 59.8 Å². The first-order chi connectivity index (χ1) is 10.4. The minimum absolute atomic E-state index is 0.239. The summed E-state index contributed by atoms with van der Waals surface area (Å²) in [7, 11) is 1.74. The molecular weight excluding hydrogens is 291 g/mol. The van der Waals surface area contributed by atoms with Crippen LogP contribution in [0.15, 0.2) is 48.5 Å². The molecule has 0 saturated carbocycles. The van der Waals surface area contributed by atoms with Crippen molar-refractivity contribution in [2.75, 3.05) is 0 Å². The number of aliphatic hydroxyl groups excluding tert-OH is 1. The standard InChI is InChI=1S/C17H14F3NO/c1-21-14-8-7-12(17(18,19)20)9-13(14)16(15(21)10-22)11-5-3-2-4-6-11/h2-9,22H,10H2,1H3. The molecule has 0 bridgehead atoms. The summed E-state index contributed by atoms with van der Waals surface area (Å²) in [6.45, 7) is -0.239. The van der Waals surface area contributed by atoms with Gasteiger partial charge in [-0.2, -0.15) is 13.2 Å². The molecule has 0 aliphatic heterocycles. The summed E-state index contributed by atoms with van der Waals surface area (Å²) in [6, 6.07) is 12.8. The summed E-state index contributed by atoms with van der Waals surface area (Å²) in [5, 5.41) is 10.1. The van der Waals surface area contributed by atoms with Crippen LogP contribution in [0.2, 0.25) is 0 Å². The zero-order valence-corrected chi connectivity index (χ0v) is 11.9. The number of halogens is 3. The van der Waals surface area contributed by atoms with Crippen molar-refractivity contribution in [3.63, 3.8) is 0 Å². The van der Waals surface area contributed by atoms with Gasteiger partial charge >= 0.3 is 6.18 Å². The minimum atomic E-state index is -4.39. The quantitative estimate of drug-likeness (QED) is 0.748. The molecule has 0 aliphatic carbocycles. The van der Waals surface area contributed by atoms with Crippen molar-refractivity contribution < 1.29 is 18.3 Å². The number of aromatic nitrogens is 1. The van der Waals surface area contributed by atoms with Crippen LogP contribution in [0, 0.1) is 0 Å². The maximum absolute atomic E-state index is 13.0. The third kappa shape index (κ3) is 2.27. The van der Waals surface area contributed by atoms with E-state index in [4.69, 9.17) is 0 Å². The first-order valence-corrected chi connectivity index (χ1v) is 6.78. The van der Waals surface area contributed by atoms with Crippen molar-refractivity contribution in [2.45, 2.75) is 12.8 Å². The van der Waals surface area contributed by atoms with E-state index in [0.717, 1.165) is 17.7 Å². The van der Waals surface area contributed by atoms with Gasteiger partial charge in [0, 0.05) is 23.5 Å². The molecule has 5 heteroatoms. The summed E-state index contributed by atoms with van der Waals surface area (Å²) in [5.41, 5.74) is 2.01. The van der Waals surface area contributed by atoms with Crippen molar-refractivity contribution in [2.24, 2.45) is 7.05 Å². The molecule has 0 amide bonds. The molecule has 0 atom stereocenters. The van der Waals surface area contributed by atoms with Gasteiger partial charge in [0.15, 0.2) is 0 Å². The fourth-order valence-corrected chi connectivity index (χ4v) is 2.79. The minimum Gasteiger partial charge on any atom is -0.390 e. The Morgan fingerprint density at radius 2 is 1.73 bits per heavy atom. The van der Waals surface area contributed by atoms with Gasteiger partial charge in [-0.1, -0.05) is 30.3 Å². The zero-order valence-electron chi connectivity index (χ0n) is 11.9. The third-order valence-corrected chi connectivity index (χ3v) is 3.86. The molecule has 2 aromatic carbocycles. The van der Waals surface area contributed by atoms with Crippen LogP contribution in [-0.4, -0.2) is 9.67 Å². The molecule has 0 fully saturated rings. The maximum atomic E-state index is 13.0. The predicted octanol–water partition coefficient (Wildman–Crippen LogP) is 4.36. The van der Waals surface area contributed by atoms with Crippen LogP contribution < -0.4 is 0 Å². The van der Waals surface area contributed by atoms with Crippen molar-refractivity contribution in [1.29, 1.82) is 0 Å². The van der Waals surface area contributed by atoms with Gasteiger partial charge in [-0.05, 0) is 23.8 Å². The number of hydrogen-bond acceptors (Lipinski definition) is 1. The molecular formula is C17H14F3NO. The maximum Gasteiger partial charge on any atom is 0.416 e. The number of nitrogens with zero attached hydrogens (tertiary/aromatic N) is 1. The number of benzene rings is 2. The van der Waals surface area contributed by atoms with E-state index in [9.17, 15) is 18.3 Å². The largest absolute Gasteiger partial charge is 0.416 e. The Balaban J connectivity index is 2.37. The average molecular weight is 305 g/mol. The van der Waals surface area contributed by atoms with Gasteiger partial charge in [-0.25, -0.2) is 0 Å². The summed E-state index contributed by atoms with van der Waals surface area (Å²) < 4.78 is 40.7. The molecule has 22 heavy (non-hydrogen) atoms. The molecule has 0 saturated heterocycles. The Labute approximate surface area is 125 Å². The van der Waals surface area contributed by atoms with E-state index in [-0.39, 0.29) is 6.61 Å². The normalized spacial score (nSPS) is 12.0. The van der Waals surface area contributed by atoms with Gasteiger partial charge in [0.25, 0.3) is 0 Å². The fourth-order valence-electron chi connectivity index (χ4n) is 2.79. The van der Waals surface area contributed by atoms with Gasteiger partial charge in [0.05, 0.1) is 17.9 Å². The molecule has 3 rings (SSSR count). The first-order valence-electron chi connectivity index (χ1n) is 6.78. The Hall–Kier alpha value is -2.27. The van der Waals surface area contributed by atoms with Crippen molar-refractivity contribution in [3.8, 4) is 11.1 Å². The van der Waals surface area contributed by atoms with Gasteiger partial charge in [-0.3, -0.25) is 0 Å². The monoisotopic (exact) mass is 305 g/mol. The van der Waals surface area contributed by atoms with Crippen LogP contribution in [0.1, 0.15) is 11.3 Å². The lowest BCUT2D eigenvalue weighted by molar-refractivity contribution is -0.137. The van der Waals surface area contributed by atoms with E-state index < -0.39 is 11.7 Å². The second kappa shape index (κ2) is 5.18. The number of aliphatic hydroxyl groups is 1. The second-order valence-corrected chi connectivity index (χ2v) is 5.13. The summed E-state index contributed by atoms with van der Waals surface area (Å²) in [5.74, 6) is 0. The van der Waals surface area contributed by atoms with Crippen LogP contribution in [0.4, 0.5) is 13.2 Å². The van der Waals surface area contributed by atoms with Crippen LogP contribution in [0.3, 0.4) is 0 Å². The van der Waals surface area contributed by atoms with Gasteiger partial charge < -0.3 is 9.67 Å². The number of fused-ring (bicyclic) bond motifs is 1. The lowest BCUT2D eigenvalue weighted by Crippen LogP contribution is -2.04. The summed E-state index contributed by atoms with van der Waals surface area (Å²) in [4.78, 5) is 0. The average Bonchev–Trinajstić information content (AvgIpc) is 2.79. The van der Waals surface area contributed by atoms with Crippen LogP contribution in [0.5, 0.6) is 0 Å².